The molecule has 1 N–H and O–H groups in total. The van der Waals surface area contributed by atoms with Gasteiger partial charge in [0.2, 0.25) is 5.91 Å². The van der Waals surface area contributed by atoms with Crippen LogP contribution >= 0.6 is 0 Å². The summed E-state index contributed by atoms with van der Waals surface area (Å²) in [5.41, 5.74) is 3.19. The summed E-state index contributed by atoms with van der Waals surface area (Å²) in [5.74, 6) is -1.28. The lowest BCUT2D eigenvalue weighted by molar-refractivity contribution is -0.125. The quantitative estimate of drug-likeness (QED) is 0.714. The van der Waals surface area contributed by atoms with Crippen LogP contribution in [0.15, 0.2) is 48.7 Å². The second-order valence-electron chi connectivity index (χ2n) is 7.58. The fourth-order valence-corrected chi connectivity index (χ4v) is 3.86. The SMILES string of the molecule is Cc1ccc(CNC(=O)C2CCN(c3ccnc4c(F)cc(F)cc34)CC2)cc1. The zero-order chi connectivity index (χ0) is 20.4. The Labute approximate surface area is 168 Å². The number of aromatic nitrogens is 1. The van der Waals surface area contributed by atoms with E-state index in [9.17, 15) is 13.6 Å². The molecule has 4 nitrogen and oxygen atoms in total. The first kappa shape index (κ1) is 19.3. The highest BCUT2D eigenvalue weighted by molar-refractivity contribution is 5.92. The number of nitrogens with one attached hydrogen (secondary N) is 1. The highest BCUT2D eigenvalue weighted by atomic mass is 19.1. The number of carbonyl (C=O) groups excluding carboxylic acids is 1. The first-order valence-electron chi connectivity index (χ1n) is 9.83. The van der Waals surface area contributed by atoms with Crippen molar-refractivity contribution in [2.75, 3.05) is 18.0 Å². The fraction of sp³-hybridized carbons (Fsp3) is 0.304. The zero-order valence-electron chi connectivity index (χ0n) is 16.3. The van der Waals surface area contributed by atoms with Crippen LogP contribution in [-0.2, 0) is 11.3 Å². The molecule has 3 aromatic rings. The molecule has 0 spiro atoms. The lowest BCUT2D eigenvalue weighted by Crippen LogP contribution is -2.40. The van der Waals surface area contributed by atoms with Gasteiger partial charge in [0, 0.05) is 48.9 Å². The highest BCUT2D eigenvalue weighted by Gasteiger charge is 2.26. The summed E-state index contributed by atoms with van der Waals surface area (Å²) in [7, 11) is 0. The number of hydrogen-bond acceptors (Lipinski definition) is 3. The monoisotopic (exact) mass is 395 g/mol. The van der Waals surface area contributed by atoms with Gasteiger partial charge in [0.15, 0.2) is 5.82 Å². The molecule has 0 aliphatic carbocycles. The standard InChI is InChI=1S/C23H23F2N3O/c1-15-2-4-16(5-3-15)14-27-23(29)17-7-10-28(11-8-17)21-6-9-26-22-19(21)12-18(24)13-20(22)25/h2-6,9,12-13,17H,7-8,10-11,14H2,1H3,(H,27,29). The maximum atomic E-state index is 14.0. The lowest BCUT2D eigenvalue weighted by Gasteiger charge is -2.33. The zero-order valence-corrected chi connectivity index (χ0v) is 16.3. The average molecular weight is 395 g/mol. The number of fused-ring (bicyclic) bond motifs is 1. The number of amides is 1. The molecular weight excluding hydrogens is 372 g/mol. The Morgan fingerprint density at radius 3 is 2.59 bits per heavy atom. The molecule has 0 radical (unpaired) electrons. The Kier molecular flexibility index (Phi) is 5.43. The molecular formula is C23H23F2N3O. The fourth-order valence-electron chi connectivity index (χ4n) is 3.86. The van der Waals surface area contributed by atoms with Gasteiger partial charge in [-0.25, -0.2) is 8.78 Å². The predicted molar refractivity (Wildman–Crippen MR) is 110 cm³/mol. The minimum Gasteiger partial charge on any atom is -0.371 e. The predicted octanol–water partition coefficient (Wildman–Crippen LogP) is 4.35. The van der Waals surface area contributed by atoms with Crippen molar-refractivity contribution < 1.29 is 13.6 Å². The highest BCUT2D eigenvalue weighted by Crippen LogP contribution is 2.31. The van der Waals surface area contributed by atoms with E-state index in [1.54, 1.807) is 12.3 Å². The maximum absolute atomic E-state index is 14.0. The van der Waals surface area contributed by atoms with E-state index in [0.29, 0.717) is 37.9 Å². The smallest absolute Gasteiger partial charge is 0.223 e. The van der Waals surface area contributed by atoms with Crippen LogP contribution in [0.3, 0.4) is 0 Å². The number of aryl methyl sites for hydroxylation is 1. The minimum atomic E-state index is -0.660. The van der Waals surface area contributed by atoms with Crippen molar-refractivity contribution in [2.45, 2.75) is 26.3 Å². The van der Waals surface area contributed by atoms with Crippen LogP contribution in [0.25, 0.3) is 10.9 Å². The summed E-state index contributed by atoms with van der Waals surface area (Å²) >= 11 is 0. The van der Waals surface area contributed by atoms with Crippen LogP contribution in [0.2, 0.25) is 0 Å². The average Bonchev–Trinajstić information content (AvgIpc) is 2.73. The van der Waals surface area contributed by atoms with Crippen molar-refractivity contribution in [1.82, 2.24) is 10.3 Å². The third kappa shape index (κ3) is 4.21. The molecule has 0 saturated carbocycles. The second-order valence-corrected chi connectivity index (χ2v) is 7.58. The number of rotatable bonds is 4. The van der Waals surface area contributed by atoms with E-state index in [2.05, 4.69) is 15.2 Å². The number of anilines is 1. The van der Waals surface area contributed by atoms with Gasteiger partial charge in [-0.1, -0.05) is 29.8 Å². The van der Waals surface area contributed by atoms with Crippen molar-refractivity contribution in [2.24, 2.45) is 5.92 Å². The van der Waals surface area contributed by atoms with Crippen molar-refractivity contribution >= 4 is 22.5 Å². The molecule has 2 aromatic carbocycles. The van der Waals surface area contributed by atoms with Crippen LogP contribution < -0.4 is 10.2 Å². The Morgan fingerprint density at radius 1 is 1.14 bits per heavy atom. The van der Waals surface area contributed by atoms with E-state index >= 15 is 0 Å². The van der Waals surface area contributed by atoms with Gasteiger partial charge in [-0.05, 0) is 37.5 Å². The van der Waals surface area contributed by atoms with E-state index in [1.165, 1.54) is 11.6 Å². The van der Waals surface area contributed by atoms with E-state index in [4.69, 9.17) is 0 Å². The van der Waals surface area contributed by atoms with Crippen molar-refractivity contribution in [3.05, 3.63) is 71.4 Å². The second kappa shape index (κ2) is 8.15. The normalized spacial score (nSPS) is 14.9. The number of piperidine rings is 1. The first-order valence-corrected chi connectivity index (χ1v) is 9.83. The molecule has 1 aliphatic rings. The summed E-state index contributed by atoms with van der Waals surface area (Å²) in [4.78, 5) is 18.7. The van der Waals surface area contributed by atoms with E-state index in [-0.39, 0.29) is 17.3 Å². The molecule has 150 valence electrons. The molecule has 0 unspecified atom stereocenters. The van der Waals surface area contributed by atoms with Crippen molar-refractivity contribution in [3.63, 3.8) is 0 Å². The van der Waals surface area contributed by atoms with Gasteiger partial charge in [0.05, 0.1) is 0 Å². The number of benzene rings is 2. The molecule has 1 amide bonds. The van der Waals surface area contributed by atoms with Crippen LogP contribution in [0.5, 0.6) is 0 Å². The molecule has 1 aromatic heterocycles. The maximum Gasteiger partial charge on any atom is 0.223 e. The topological polar surface area (TPSA) is 45.2 Å². The van der Waals surface area contributed by atoms with E-state index in [0.717, 1.165) is 17.3 Å². The van der Waals surface area contributed by atoms with Gasteiger partial charge in [-0.3, -0.25) is 9.78 Å². The van der Waals surface area contributed by atoms with Gasteiger partial charge in [-0.15, -0.1) is 0 Å². The first-order chi connectivity index (χ1) is 14.0. The molecule has 0 bridgehead atoms. The summed E-state index contributed by atoms with van der Waals surface area (Å²) < 4.78 is 27.8. The number of hydrogen-bond donors (Lipinski definition) is 1. The van der Waals surface area contributed by atoms with Gasteiger partial charge in [0.25, 0.3) is 0 Å². The Bertz CT molecular complexity index is 1030. The largest absolute Gasteiger partial charge is 0.371 e. The summed E-state index contributed by atoms with van der Waals surface area (Å²) in [6.07, 6.45) is 2.93. The Hall–Kier alpha value is -3.02. The molecule has 29 heavy (non-hydrogen) atoms. The molecule has 6 heteroatoms. The molecule has 0 atom stereocenters. The molecule has 2 heterocycles. The third-order valence-corrected chi connectivity index (χ3v) is 5.53. The van der Waals surface area contributed by atoms with Crippen molar-refractivity contribution in [3.8, 4) is 0 Å². The summed E-state index contributed by atoms with van der Waals surface area (Å²) in [6.45, 7) is 3.86. The van der Waals surface area contributed by atoms with Gasteiger partial charge in [0.1, 0.15) is 11.3 Å². The van der Waals surface area contributed by atoms with Crippen LogP contribution in [0, 0.1) is 24.5 Å². The van der Waals surface area contributed by atoms with Crippen LogP contribution in [-0.4, -0.2) is 24.0 Å². The molecule has 4 rings (SSSR count). The number of nitrogens with zero attached hydrogens (tertiary/aromatic N) is 2. The molecule has 1 aliphatic heterocycles. The molecule has 1 fully saturated rings. The molecule has 1 saturated heterocycles. The van der Waals surface area contributed by atoms with Gasteiger partial charge in [-0.2, -0.15) is 0 Å². The lowest BCUT2D eigenvalue weighted by atomic mass is 9.95. The minimum absolute atomic E-state index is 0.0572. The Morgan fingerprint density at radius 2 is 1.86 bits per heavy atom. The van der Waals surface area contributed by atoms with E-state index in [1.807, 2.05) is 31.2 Å². The summed E-state index contributed by atoms with van der Waals surface area (Å²) in [5, 5.41) is 3.49. The van der Waals surface area contributed by atoms with E-state index < -0.39 is 11.6 Å². The number of halogens is 2. The van der Waals surface area contributed by atoms with Crippen molar-refractivity contribution in [1.29, 1.82) is 0 Å². The third-order valence-electron chi connectivity index (χ3n) is 5.53. The van der Waals surface area contributed by atoms with Crippen LogP contribution in [0.1, 0.15) is 24.0 Å². The van der Waals surface area contributed by atoms with Gasteiger partial charge < -0.3 is 10.2 Å². The Balaban J connectivity index is 1.40. The number of carbonyl (C=O) groups is 1. The van der Waals surface area contributed by atoms with Gasteiger partial charge >= 0.3 is 0 Å². The van der Waals surface area contributed by atoms with Crippen LogP contribution in [0.4, 0.5) is 14.5 Å². The number of pyridine rings is 1. The summed E-state index contributed by atoms with van der Waals surface area (Å²) in [6, 6.07) is 12.1.